The van der Waals surface area contributed by atoms with Gasteiger partial charge in [0.05, 0.1) is 6.54 Å². The molecule has 0 saturated carbocycles. The standard InChI is InChI=1S/C13H23N3S2.HI/c1-3-14-13(15-7-4-5-8-17-2)16-10-12-6-9-18-11-12;/h6,9,11H,3-5,7-8,10H2,1-2H3,(H2,14,15,16);1H. The second-order valence-corrected chi connectivity index (χ2v) is 5.72. The summed E-state index contributed by atoms with van der Waals surface area (Å²) in [7, 11) is 0. The molecular formula is C13H24IN3S2. The number of guanidine groups is 1. The lowest BCUT2D eigenvalue weighted by Gasteiger charge is -2.10. The van der Waals surface area contributed by atoms with Crippen LogP contribution in [-0.2, 0) is 6.54 Å². The minimum absolute atomic E-state index is 0. The average Bonchev–Trinajstić information content (AvgIpc) is 2.88. The third-order valence-corrected chi connectivity index (χ3v) is 3.84. The summed E-state index contributed by atoms with van der Waals surface area (Å²) < 4.78 is 0. The van der Waals surface area contributed by atoms with Crippen molar-refractivity contribution in [1.82, 2.24) is 10.6 Å². The van der Waals surface area contributed by atoms with Crippen molar-refractivity contribution in [2.45, 2.75) is 26.3 Å². The zero-order valence-corrected chi connectivity index (χ0v) is 15.6. The molecule has 0 radical (unpaired) electrons. The first-order valence-corrected chi connectivity index (χ1v) is 8.72. The monoisotopic (exact) mass is 413 g/mol. The van der Waals surface area contributed by atoms with Crippen LogP contribution in [-0.4, -0.2) is 31.1 Å². The van der Waals surface area contributed by atoms with Gasteiger partial charge in [-0.2, -0.15) is 23.1 Å². The number of hydrogen-bond donors (Lipinski definition) is 2. The lowest BCUT2D eigenvalue weighted by Crippen LogP contribution is -2.37. The van der Waals surface area contributed by atoms with E-state index in [1.165, 1.54) is 24.2 Å². The summed E-state index contributed by atoms with van der Waals surface area (Å²) in [6, 6.07) is 2.12. The van der Waals surface area contributed by atoms with Gasteiger partial charge in [0.25, 0.3) is 0 Å². The molecule has 0 bridgehead atoms. The third-order valence-electron chi connectivity index (χ3n) is 2.41. The van der Waals surface area contributed by atoms with Gasteiger partial charge in [0.15, 0.2) is 5.96 Å². The van der Waals surface area contributed by atoms with Crippen molar-refractivity contribution in [3.8, 4) is 0 Å². The second kappa shape index (κ2) is 13.1. The summed E-state index contributed by atoms with van der Waals surface area (Å²) in [6.45, 7) is 4.75. The SMILES string of the molecule is CCNC(=NCc1ccsc1)NCCCCSC.I. The van der Waals surface area contributed by atoms with Crippen LogP contribution in [0.5, 0.6) is 0 Å². The summed E-state index contributed by atoms with van der Waals surface area (Å²) >= 11 is 3.63. The van der Waals surface area contributed by atoms with Gasteiger partial charge in [0.2, 0.25) is 0 Å². The van der Waals surface area contributed by atoms with E-state index >= 15 is 0 Å². The Kier molecular flexibility index (Phi) is 13.1. The van der Waals surface area contributed by atoms with Crippen LogP contribution in [0.4, 0.5) is 0 Å². The van der Waals surface area contributed by atoms with Gasteiger partial charge in [-0.3, -0.25) is 0 Å². The van der Waals surface area contributed by atoms with Crippen molar-refractivity contribution in [1.29, 1.82) is 0 Å². The van der Waals surface area contributed by atoms with Crippen LogP contribution in [0.3, 0.4) is 0 Å². The highest BCUT2D eigenvalue weighted by Crippen LogP contribution is 2.06. The third kappa shape index (κ3) is 9.56. The topological polar surface area (TPSA) is 36.4 Å². The van der Waals surface area contributed by atoms with Crippen LogP contribution in [0.15, 0.2) is 21.8 Å². The van der Waals surface area contributed by atoms with Gasteiger partial charge >= 0.3 is 0 Å². The quantitative estimate of drug-likeness (QED) is 0.296. The molecule has 3 nitrogen and oxygen atoms in total. The highest BCUT2D eigenvalue weighted by Gasteiger charge is 1.97. The molecular weight excluding hydrogens is 389 g/mol. The number of halogens is 1. The second-order valence-electron chi connectivity index (χ2n) is 3.95. The Morgan fingerprint density at radius 1 is 1.37 bits per heavy atom. The molecule has 0 aromatic carbocycles. The lowest BCUT2D eigenvalue weighted by molar-refractivity contribution is 0.734. The fourth-order valence-corrected chi connectivity index (χ4v) is 2.63. The smallest absolute Gasteiger partial charge is 0.191 e. The van der Waals surface area contributed by atoms with Gasteiger partial charge in [-0.05, 0) is 54.2 Å². The van der Waals surface area contributed by atoms with E-state index < -0.39 is 0 Å². The molecule has 0 aliphatic rings. The lowest BCUT2D eigenvalue weighted by atomic mass is 10.3. The minimum atomic E-state index is 0. The molecule has 0 atom stereocenters. The van der Waals surface area contributed by atoms with Crippen LogP contribution >= 0.6 is 47.1 Å². The summed E-state index contributed by atoms with van der Waals surface area (Å²) in [6.07, 6.45) is 4.61. The first kappa shape index (κ1) is 19.1. The van der Waals surface area contributed by atoms with Gasteiger partial charge in [-0.25, -0.2) is 4.99 Å². The number of aliphatic imine (C=N–C) groups is 1. The predicted molar refractivity (Wildman–Crippen MR) is 100 cm³/mol. The fraction of sp³-hybridized carbons (Fsp3) is 0.615. The maximum atomic E-state index is 4.57. The Bertz CT molecular complexity index is 329. The van der Waals surface area contributed by atoms with Gasteiger partial charge in [0, 0.05) is 13.1 Å². The number of rotatable bonds is 8. The highest BCUT2D eigenvalue weighted by molar-refractivity contribution is 14.0. The van der Waals surface area contributed by atoms with E-state index in [1.54, 1.807) is 11.3 Å². The number of hydrogen-bond acceptors (Lipinski definition) is 3. The number of thiophene rings is 1. The Morgan fingerprint density at radius 2 is 2.21 bits per heavy atom. The summed E-state index contributed by atoms with van der Waals surface area (Å²) in [5.41, 5.74) is 1.28. The van der Waals surface area contributed by atoms with Crippen LogP contribution in [0.2, 0.25) is 0 Å². The maximum Gasteiger partial charge on any atom is 0.191 e. The van der Waals surface area contributed by atoms with Gasteiger partial charge < -0.3 is 10.6 Å². The number of thioether (sulfide) groups is 1. The molecule has 0 unspecified atom stereocenters. The molecule has 1 aromatic rings. The number of nitrogens with zero attached hydrogens (tertiary/aromatic N) is 1. The van der Waals surface area contributed by atoms with Crippen LogP contribution < -0.4 is 10.6 Å². The van der Waals surface area contributed by atoms with Gasteiger partial charge in [0.1, 0.15) is 0 Å². The number of nitrogens with one attached hydrogen (secondary N) is 2. The Labute approximate surface area is 142 Å². The Balaban J connectivity index is 0.00000324. The summed E-state index contributed by atoms with van der Waals surface area (Å²) in [5.74, 6) is 2.16. The van der Waals surface area contributed by atoms with E-state index in [0.29, 0.717) is 0 Å². The van der Waals surface area contributed by atoms with Crippen molar-refractivity contribution < 1.29 is 0 Å². The molecule has 19 heavy (non-hydrogen) atoms. The summed E-state index contributed by atoms with van der Waals surface area (Å²) in [5, 5.41) is 10.9. The van der Waals surface area contributed by atoms with E-state index in [9.17, 15) is 0 Å². The van der Waals surface area contributed by atoms with Crippen LogP contribution in [0, 0.1) is 0 Å². The van der Waals surface area contributed by atoms with Crippen molar-refractivity contribution >= 4 is 53.0 Å². The molecule has 1 aromatic heterocycles. The van der Waals surface area contributed by atoms with Crippen molar-refractivity contribution in [3.05, 3.63) is 22.4 Å². The molecule has 0 aliphatic heterocycles. The van der Waals surface area contributed by atoms with Crippen molar-refractivity contribution in [3.63, 3.8) is 0 Å². The van der Waals surface area contributed by atoms with Crippen LogP contribution in [0.1, 0.15) is 25.3 Å². The Hall–Kier alpha value is 0.0500. The number of unbranched alkanes of at least 4 members (excludes halogenated alkanes) is 1. The minimum Gasteiger partial charge on any atom is -0.357 e. The predicted octanol–water partition coefficient (Wildman–Crippen LogP) is 3.56. The van der Waals surface area contributed by atoms with E-state index in [-0.39, 0.29) is 24.0 Å². The first-order valence-electron chi connectivity index (χ1n) is 6.39. The Morgan fingerprint density at radius 3 is 2.84 bits per heavy atom. The van der Waals surface area contributed by atoms with E-state index in [2.05, 4.69) is 45.6 Å². The van der Waals surface area contributed by atoms with E-state index in [1.807, 2.05) is 11.8 Å². The molecule has 0 fully saturated rings. The van der Waals surface area contributed by atoms with E-state index in [4.69, 9.17) is 0 Å². The molecule has 1 rings (SSSR count). The normalized spacial score (nSPS) is 10.9. The molecule has 0 spiro atoms. The maximum absolute atomic E-state index is 4.57. The molecule has 2 N–H and O–H groups in total. The highest BCUT2D eigenvalue weighted by atomic mass is 127. The molecule has 0 aliphatic carbocycles. The zero-order valence-electron chi connectivity index (χ0n) is 11.6. The van der Waals surface area contributed by atoms with Gasteiger partial charge in [-0.15, -0.1) is 24.0 Å². The van der Waals surface area contributed by atoms with Crippen molar-refractivity contribution in [2.75, 3.05) is 25.1 Å². The largest absolute Gasteiger partial charge is 0.357 e. The molecule has 6 heteroatoms. The first-order chi connectivity index (χ1) is 8.86. The molecule has 1 heterocycles. The molecule has 0 amide bonds. The van der Waals surface area contributed by atoms with Crippen LogP contribution in [0.25, 0.3) is 0 Å². The zero-order chi connectivity index (χ0) is 13.1. The molecule has 0 saturated heterocycles. The van der Waals surface area contributed by atoms with Crippen molar-refractivity contribution in [2.24, 2.45) is 4.99 Å². The van der Waals surface area contributed by atoms with E-state index in [0.717, 1.165) is 25.6 Å². The summed E-state index contributed by atoms with van der Waals surface area (Å²) in [4.78, 5) is 4.57. The van der Waals surface area contributed by atoms with Gasteiger partial charge in [-0.1, -0.05) is 0 Å². The molecule has 110 valence electrons. The fourth-order valence-electron chi connectivity index (χ4n) is 1.47. The average molecular weight is 413 g/mol.